The summed E-state index contributed by atoms with van der Waals surface area (Å²) in [5.74, 6) is -1.49. The van der Waals surface area contributed by atoms with E-state index in [1.807, 2.05) is 24.4 Å². The molecule has 0 bridgehead atoms. The number of aliphatic carboxylic acids is 1. The minimum atomic E-state index is -0.911. The first-order chi connectivity index (χ1) is 9.58. The van der Waals surface area contributed by atoms with Gasteiger partial charge in [0.25, 0.3) is 0 Å². The molecule has 1 aliphatic rings. The van der Waals surface area contributed by atoms with Crippen LogP contribution in [0, 0.1) is 11.8 Å². The molecule has 104 valence electrons. The van der Waals surface area contributed by atoms with Crippen LogP contribution in [0.1, 0.15) is 25.2 Å². The predicted octanol–water partition coefficient (Wildman–Crippen LogP) is 0.627. The molecule has 1 aliphatic carbocycles. The van der Waals surface area contributed by atoms with Gasteiger partial charge in [0.2, 0.25) is 5.91 Å². The summed E-state index contributed by atoms with van der Waals surface area (Å²) in [5.41, 5.74) is 0.707. The fourth-order valence-corrected chi connectivity index (χ4v) is 2.30. The lowest BCUT2D eigenvalue weighted by Crippen LogP contribution is -2.30. The van der Waals surface area contributed by atoms with E-state index >= 15 is 0 Å². The van der Waals surface area contributed by atoms with Crippen LogP contribution in [0.5, 0.6) is 0 Å². The van der Waals surface area contributed by atoms with Crippen LogP contribution in [-0.4, -0.2) is 31.6 Å². The van der Waals surface area contributed by atoms with Gasteiger partial charge in [0.1, 0.15) is 0 Å². The maximum atomic E-state index is 11.9. The number of carboxylic acid groups (broad SMARTS) is 1. The van der Waals surface area contributed by atoms with Crippen LogP contribution < -0.4 is 5.32 Å². The Labute approximate surface area is 114 Å². The molecule has 0 unspecified atom stereocenters. The molecule has 3 atom stereocenters. The highest BCUT2D eigenvalue weighted by Gasteiger charge is 2.48. The SMILES string of the molecule is C[C@H](NC(=O)[C@H]1C[C@@H]1C(=O)O)c1nnc2ccccn12. The van der Waals surface area contributed by atoms with E-state index in [2.05, 4.69) is 15.5 Å². The van der Waals surface area contributed by atoms with Crippen LogP contribution in [0.2, 0.25) is 0 Å². The molecular weight excluding hydrogens is 260 g/mol. The zero-order chi connectivity index (χ0) is 14.3. The highest BCUT2D eigenvalue weighted by Crippen LogP contribution is 2.39. The number of hydrogen-bond donors (Lipinski definition) is 2. The number of amides is 1. The molecule has 0 aliphatic heterocycles. The summed E-state index contributed by atoms with van der Waals surface area (Å²) in [7, 11) is 0. The lowest BCUT2D eigenvalue weighted by Gasteiger charge is -2.12. The average molecular weight is 274 g/mol. The molecule has 0 saturated heterocycles. The molecule has 2 heterocycles. The van der Waals surface area contributed by atoms with Gasteiger partial charge in [-0.05, 0) is 25.5 Å². The lowest BCUT2D eigenvalue weighted by molar-refractivity contribution is -0.140. The Bertz CT molecular complexity index is 681. The Balaban J connectivity index is 1.72. The number of nitrogens with zero attached hydrogens (tertiary/aromatic N) is 3. The van der Waals surface area contributed by atoms with E-state index < -0.39 is 17.8 Å². The largest absolute Gasteiger partial charge is 0.481 e. The van der Waals surface area contributed by atoms with Crippen LogP contribution in [0.25, 0.3) is 5.65 Å². The molecule has 3 rings (SSSR count). The summed E-state index contributed by atoms with van der Waals surface area (Å²) in [5, 5.41) is 19.7. The molecule has 7 heteroatoms. The quantitative estimate of drug-likeness (QED) is 0.852. The first kappa shape index (κ1) is 12.6. The third kappa shape index (κ3) is 2.11. The standard InChI is InChI=1S/C13H14N4O3/c1-7(14-12(18)8-6-9(8)13(19)20)11-16-15-10-4-2-3-5-17(10)11/h2-5,7-9H,6H2,1H3,(H,14,18)(H,19,20)/t7-,8-,9-/m0/s1. The Kier molecular flexibility index (Phi) is 2.89. The van der Waals surface area contributed by atoms with Crippen molar-refractivity contribution in [3.63, 3.8) is 0 Å². The number of fused-ring (bicyclic) bond motifs is 1. The van der Waals surface area contributed by atoms with Gasteiger partial charge in [0, 0.05) is 6.20 Å². The molecule has 0 radical (unpaired) electrons. The van der Waals surface area contributed by atoms with Crippen LogP contribution in [0.3, 0.4) is 0 Å². The highest BCUT2D eigenvalue weighted by molar-refractivity contribution is 5.89. The fraction of sp³-hybridized carbons (Fsp3) is 0.385. The summed E-state index contributed by atoms with van der Waals surface area (Å²) in [6.45, 7) is 1.81. The Morgan fingerprint density at radius 3 is 2.90 bits per heavy atom. The summed E-state index contributed by atoms with van der Waals surface area (Å²) in [6.07, 6.45) is 2.24. The number of rotatable bonds is 4. The second kappa shape index (κ2) is 4.59. The van der Waals surface area contributed by atoms with Crippen molar-refractivity contribution in [2.75, 3.05) is 0 Å². The third-order valence-electron chi connectivity index (χ3n) is 3.53. The minimum absolute atomic E-state index is 0.238. The molecule has 2 aromatic rings. The third-order valence-corrected chi connectivity index (χ3v) is 3.53. The molecule has 0 spiro atoms. The van der Waals surface area contributed by atoms with E-state index in [0.717, 1.165) is 0 Å². The van der Waals surface area contributed by atoms with Gasteiger partial charge in [0.15, 0.2) is 11.5 Å². The van der Waals surface area contributed by atoms with E-state index in [1.165, 1.54) is 0 Å². The topological polar surface area (TPSA) is 96.6 Å². The number of carbonyl (C=O) groups is 2. The van der Waals surface area contributed by atoms with E-state index in [1.54, 1.807) is 11.3 Å². The van der Waals surface area contributed by atoms with Gasteiger partial charge < -0.3 is 10.4 Å². The number of carboxylic acids is 1. The number of carbonyl (C=O) groups excluding carboxylic acids is 1. The molecule has 1 amide bonds. The van der Waals surface area contributed by atoms with E-state index in [9.17, 15) is 9.59 Å². The molecule has 1 fully saturated rings. The number of aromatic nitrogens is 3. The summed E-state index contributed by atoms with van der Waals surface area (Å²) < 4.78 is 1.80. The smallest absolute Gasteiger partial charge is 0.307 e. The molecule has 20 heavy (non-hydrogen) atoms. The number of pyridine rings is 1. The van der Waals surface area contributed by atoms with Crippen molar-refractivity contribution < 1.29 is 14.7 Å². The minimum Gasteiger partial charge on any atom is -0.481 e. The molecular formula is C13H14N4O3. The Hall–Kier alpha value is -2.44. The predicted molar refractivity (Wildman–Crippen MR) is 68.8 cm³/mol. The van der Waals surface area contributed by atoms with Gasteiger partial charge in [-0.15, -0.1) is 10.2 Å². The van der Waals surface area contributed by atoms with Crippen molar-refractivity contribution in [3.8, 4) is 0 Å². The van der Waals surface area contributed by atoms with Crippen molar-refractivity contribution in [2.24, 2.45) is 11.8 Å². The van der Waals surface area contributed by atoms with Crippen LogP contribution in [0.15, 0.2) is 24.4 Å². The zero-order valence-electron chi connectivity index (χ0n) is 10.9. The number of nitrogens with one attached hydrogen (secondary N) is 1. The summed E-state index contributed by atoms with van der Waals surface area (Å²) in [6, 6.07) is 5.22. The first-order valence-corrected chi connectivity index (χ1v) is 6.41. The second-order valence-corrected chi connectivity index (χ2v) is 5.00. The maximum Gasteiger partial charge on any atom is 0.307 e. The second-order valence-electron chi connectivity index (χ2n) is 5.00. The Morgan fingerprint density at radius 2 is 2.20 bits per heavy atom. The van der Waals surface area contributed by atoms with Gasteiger partial charge >= 0.3 is 5.97 Å². The van der Waals surface area contributed by atoms with Crippen LogP contribution >= 0.6 is 0 Å². The van der Waals surface area contributed by atoms with Crippen LogP contribution in [-0.2, 0) is 9.59 Å². The molecule has 1 saturated carbocycles. The monoisotopic (exact) mass is 274 g/mol. The van der Waals surface area contributed by atoms with E-state index in [-0.39, 0.29) is 11.9 Å². The summed E-state index contributed by atoms with van der Waals surface area (Å²) >= 11 is 0. The highest BCUT2D eigenvalue weighted by atomic mass is 16.4. The van der Waals surface area contributed by atoms with Gasteiger partial charge in [0.05, 0.1) is 17.9 Å². The molecule has 0 aromatic carbocycles. The number of hydrogen-bond acceptors (Lipinski definition) is 4. The fourth-order valence-electron chi connectivity index (χ4n) is 2.30. The van der Waals surface area contributed by atoms with Crippen LogP contribution in [0.4, 0.5) is 0 Å². The summed E-state index contributed by atoms with van der Waals surface area (Å²) in [4.78, 5) is 22.7. The molecule has 2 aromatic heterocycles. The Morgan fingerprint density at radius 1 is 1.40 bits per heavy atom. The van der Waals surface area contributed by atoms with Crippen molar-refractivity contribution in [1.29, 1.82) is 0 Å². The van der Waals surface area contributed by atoms with Gasteiger partial charge in [-0.1, -0.05) is 6.07 Å². The lowest BCUT2D eigenvalue weighted by atomic mass is 10.2. The van der Waals surface area contributed by atoms with Crippen molar-refractivity contribution in [2.45, 2.75) is 19.4 Å². The van der Waals surface area contributed by atoms with E-state index in [4.69, 9.17) is 5.11 Å². The van der Waals surface area contributed by atoms with Crippen molar-refractivity contribution in [1.82, 2.24) is 19.9 Å². The van der Waals surface area contributed by atoms with Crippen molar-refractivity contribution in [3.05, 3.63) is 30.2 Å². The van der Waals surface area contributed by atoms with Gasteiger partial charge in [-0.3, -0.25) is 14.0 Å². The van der Waals surface area contributed by atoms with Gasteiger partial charge in [-0.25, -0.2) is 0 Å². The first-order valence-electron chi connectivity index (χ1n) is 6.41. The van der Waals surface area contributed by atoms with Gasteiger partial charge in [-0.2, -0.15) is 0 Å². The normalized spacial score (nSPS) is 22.4. The molecule has 7 nitrogen and oxygen atoms in total. The molecule has 2 N–H and O–H groups in total. The maximum absolute atomic E-state index is 11.9. The van der Waals surface area contributed by atoms with E-state index in [0.29, 0.717) is 17.9 Å². The zero-order valence-corrected chi connectivity index (χ0v) is 10.9. The van der Waals surface area contributed by atoms with Crippen molar-refractivity contribution >= 4 is 17.5 Å². The average Bonchev–Trinajstić information content (AvgIpc) is 3.12.